The summed E-state index contributed by atoms with van der Waals surface area (Å²) in [4.78, 5) is 11.7. The maximum absolute atomic E-state index is 11.7. The van der Waals surface area contributed by atoms with Crippen molar-refractivity contribution in [3.63, 3.8) is 0 Å². The SMILES string of the molecule is Cc1ccccc1[C@H](C/C(=N/O)c1ccc(=O)n(C)c1)c1ccc(Br)cc1. The van der Waals surface area contributed by atoms with E-state index in [1.807, 2.05) is 24.3 Å². The third-order valence-electron chi connectivity index (χ3n) is 4.77. The van der Waals surface area contributed by atoms with E-state index < -0.39 is 0 Å². The van der Waals surface area contributed by atoms with E-state index in [0.717, 1.165) is 15.6 Å². The van der Waals surface area contributed by atoms with Gasteiger partial charge >= 0.3 is 0 Å². The van der Waals surface area contributed by atoms with Crippen LogP contribution in [-0.4, -0.2) is 15.5 Å². The van der Waals surface area contributed by atoms with Crippen LogP contribution >= 0.6 is 15.9 Å². The molecule has 0 aliphatic rings. The first-order chi connectivity index (χ1) is 13.0. The molecule has 0 amide bonds. The molecule has 3 aromatic rings. The van der Waals surface area contributed by atoms with Gasteiger partial charge in [-0.15, -0.1) is 0 Å². The summed E-state index contributed by atoms with van der Waals surface area (Å²) >= 11 is 3.49. The molecule has 3 rings (SSSR count). The topological polar surface area (TPSA) is 54.6 Å². The molecule has 2 aromatic carbocycles. The molecule has 0 fully saturated rings. The Labute approximate surface area is 166 Å². The quantitative estimate of drug-likeness (QED) is 0.361. The highest BCUT2D eigenvalue weighted by Gasteiger charge is 2.20. The summed E-state index contributed by atoms with van der Waals surface area (Å²) in [5.41, 5.74) is 4.68. The summed E-state index contributed by atoms with van der Waals surface area (Å²) < 4.78 is 2.51. The lowest BCUT2D eigenvalue weighted by Crippen LogP contribution is -2.18. The van der Waals surface area contributed by atoms with Crippen molar-refractivity contribution in [3.8, 4) is 0 Å². The Morgan fingerprint density at radius 2 is 1.81 bits per heavy atom. The van der Waals surface area contributed by atoms with Gasteiger partial charge in [0.25, 0.3) is 0 Å². The Morgan fingerprint density at radius 3 is 2.44 bits per heavy atom. The highest BCUT2D eigenvalue weighted by molar-refractivity contribution is 9.10. The predicted molar refractivity (Wildman–Crippen MR) is 112 cm³/mol. The van der Waals surface area contributed by atoms with Crippen LogP contribution in [0.5, 0.6) is 0 Å². The lowest BCUT2D eigenvalue weighted by Gasteiger charge is -2.21. The van der Waals surface area contributed by atoms with Gasteiger partial charge < -0.3 is 9.77 Å². The van der Waals surface area contributed by atoms with Crippen molar-refractivity contribution in [3.05, 3.63) is 104 Å². The average Bonchev–Trinajstić information content (AvgIpc) is 2.67. The van der Waals surface area contributed by atoms with Gasteiger partial charge in [0.2, 0.25) is 5.56 Å². The molecule has 138 valence electrons. The summed E-state index contributed by atoms with van der Waals surface area (Å²) in [5, 5.41) is 13.2. The lowest BCUT2D eigenvalue weighted by molar-refractivity contribution is 0.317. The number of nitrogens with zero attached hydrogens (tertiary/aromatic N) is 2. The number of pyridine rings is 1. The first kappa shape index (κ1) is 19.1. The number of benzene rings is 2. The number of hydrogen-bond donors (Lipinski definition) is 1. The largest absolute Gasteiger partial charge is 0.411 e. The first-order valence-electron chi connectivity index (χ1n) is 8.68. The maximum atomic E-state index is 11.7. The molecule has 1 atom stereocenters. The lowest BCUT2D eigenvalue weighted by atomic mass is 9.83. The molecular weight excluding hydrogens is 404 g/mol. The fraction of sp³-hybridized carbons (Fsp3) is 0.182. The molecule has 1 aromatic heterocycles. The van der Waals surface area contributed by atoms with Gasteiger partial charge in [-0.25, -0.2) is 0 Å². The molecule has 0 spiro atoms. The molecule has 0 saturated heterocycles. The second kappa shape index (κ2) is 8.35. The van der Waals surface area contributed by atoms with Crippen LogP contribution in [0.1, 0.15) is 34.6 Å². The van der Waals surface area contributed by atoms with Gasteiger partial charge in [0.15, 0.2) is 0 Å². The van der Waals surface area contributed by atoms with Crippen molar-refractivity contribution in [2.45, 2.75) is 19.3 Å². The highest BCUT2D eigenvalue weighted by atomic mass is 79.9. The molecule has 0 aliphatic heterocycles. The predicted octanol–water partition coefficient (Wildman–Crippen LogP) is 4.86. The van der Waals surface area contributed by atoms with Crippen molar-refractivity contribution in [1.29, 1.82) is 0 Å². The molecule has 0 bridgehead atoms. The molecule has 5 heteroatoms. The Morgan fingerprint density at radius 1 is 1.11 bits per heavy atom. The molecule has 0 radical (unpaired) electrons. The molecule has 0 unspecified atom stereocenters. The number of hydrogen-bond acceptors (Lipinski definition) is 3. The van der Waals surface area contributed by atoms with E-state index in [-0.39, 0.29) is 11.5 Å². The van der Waals surface area contributed by atoms with Gasteiger partial charge in [0.1, 0.15) is 0 Å². The smallest absolute Gasteiger partial charge is 0.250 e. The minimum absolute atomic E-state index is 0.0300. The fourth-order valence-electron chi connectivity index (χ4n) is 3.25. The molecule has 0 aliphatic carbocycles. The zero-order valence-electron chi connectivity index (χ0n) is 15.3. The minimum atomic E-state index is -0.0978. The Bertz CT molecular complexity index is 1020. The van der Waals surface area contributed by atoms with E-state index in [4.69, 9.17) is 0 Å². The third kappa shape index (κ3) is 4.37. The van der Waals surface area contributed by atoms with E-state index >= 15 is 0 Å². The van der Waals surface area contributed by atoms with Crippen LogP contribution < -0.4 is 5.56 Å². The Balaban J connectivity index is 2.04. The van der Waals surface area contributed by atoms with Gasteiger partial charge in [-0.3, -0.25) is 4.79 Å². The summed E-state index contributed by atoms with van der Waals surface area (Å²) in [6.45, 7) is 2.09. The van der Waals surface area contributed by atoms with Gasteiger partial charge in [0.05, 0.1) is 5.71 Å². The molecule has 1 N–H and O–H groups in total. The van der Waals surface area contributed by atoms with Gasteiger partial charge in [-0.1, -0.05) is 57.5 Å². The van der Waals surface area contributed by atoms with Crippen molar-refractivity contribution in [2.75, 3.05) is 0 Å². The number of rotatable bonds is 5. The first-order valence-corrected chi connectivity index (χ1v) is 9.48. The van der Waals surface area contributed by atoms with Crippen molar-refractivity contribution < 1.29 is 5.21 Å². The normalized spacial score (nSPS) is 12.8. The van der Waals surface area contributed by atoms with Crippen LogP contribution in [0, 0.1) is 6.92 Å². The van der Waals surface area contributed by atoms with Crippen LogP contribution in [-0.2, 0) is 7.05 Å². The number of aryl methyl sites for hydroxylation is 2. The van der Waals surface area contributed by atoms with Crippen molar-refractivity contribution in [1.82, 2.24) is 4.57 Å². The van der Waals surface area contributed by atoms with Crippen LogP contribution in [0.2, 0.25) is 0 Å². The molecular formula is C22H21BrN2O2. The summed E-state index contributed by atoms with van der Waals surface area (Å²) in [6, 6.07) is 19.6. The standard InChI is InChI=1S/C22H21BrN2O2/c1-15-5-3-4-6-19(15)20(16-7-10-18(23)11-8-16)13-21(24-27)17-9-12-22(26)25(2)14-17/h3-12,14,20,27H,13H2,1-2H3/b24-21-/t20-/m1/s1. The molecule has 27 heavy (non-hydrogen) atoms. The van der Waals surface area contributed by atoms with Crippen molar-refractivity contribution in [2.24, 2.45) is 12.2 Å². The second-order valence-corrected chi connectivity index (χ2v) is 7.49. The number of halogens is 1. The van der Waals surface area contributed by atoms with E-state index in [1.54, 1.807) is 19.3 Å². The minimum Gasteiger partial charge on any atom is -0.411 e. The monoisotopic (exact) mass is 424 g/mol. The van der Waals surface area contributed by atoms with Gasteiger partial charge in [-0.05, 0) is 41.8 Å². The van der Waals surface area contributed by atoms with Crippen LogP contribution in [0.15, 0.2) is 81.3 Å². The average molecular weight is 425 g/mol. The summed E-state index contributed by atoms with van der Waals surface area (Å²) in [5.74, 6) is 0.0300. The summed E-state index contributed by atoms with van der Waals surface area (Å²) in [6.07, 6.45) is 2.22. The van der Waals surface area contributed by atoms with Crippen LogP contribution in [0.4, 0.5) is 0 Å². The second-order valence-electron chi connectivity index (χ2n) is 6.58. The highest BCUT2D eigenvalue weighted by Crippen LogP contribution is 2.32. The van der Waals surface area contributed by atoms with Gasteiger partial charge in [0, 0.05) is 41.7 Å². The van der Waals surface area contributed by atoms with E-state index in [2.05, 4.69) is 52.3 Å². The van der Waals surface area contributed by atoms with Crippen molar-refractivity contribution >= 4 is 21.6 Å². The Kier molecular flexibility index (Phi) is 5.91. The zero-order chi connectivity index (χ0) is 19.4. The number of oxime groups is 1. The van der Waals surface area contributed by atoms with Crippen LogP contribution in [0.3, 0.4) is 0 Å². The Hall–Kier alpha value is -2.66. The van der Waals surface area contributed by atoms with Gasteiger partial charge in [-0.2, -0.15) is 0 Å². The van der Waals surface area contributed by atoms with E-state index in [1.165, 1.54) is 21.8 Å². The van der Waals surface area contributed by atoms with Crippen LogP contribution in [0.25, 0.3) is 0 Å². The fourth-order valence-corrected chi connectivity index (χ4v) is 3.52. The summed E-state index contributed by atoms with van der Waals surface area (Å²) in [7, 11) is 1.69. The molecule has 1 heterocycles. The molecule has 0 saturated carbocycles. The number of aromatic nitrogens is 1. The molecule has 4 nitrogen and oxygen atoms in total. The zero-order valence-corrected chi connectivity index (χ0v) is 16.8. The van der Waals surface area contributed by atoms with E-state index in [9.17, 15) is 10.0 Å². The van der Waals surface area contributed by atoms with E-state index in [0.29, 0.717) is 12.1 Å². The third-order valence-corrected chi connectivity index (χ3v) is 5.30. The maximum Gasteiger partial charge on any atom is 0.250 e.